The Morgan fingerprint density at radius 3 is 2.43 bits per heavy atom. The van der Waals surface area contributed by atoms with Gasteiger partial charge in [-0.05, 0) is 55.9 Å². The van der Waals surface area contributed by atoms with E-state index in [4.69, 9.17) is 9.47 Å². The highest BCUT2D eigenvalue weighted by molar-refractivity contribution is 7.87. The molecule has 1 heterocycles. The molecular weight excluding hydrogens is 515 g/mol. The monoisotopic (exact) mass is 545 g/mol. The van der Waals surface area contributed by atoms with Gasteiger partial charge < -0.3 is 18.6 Å². The maximum Gasteiger partial charge on any atom is 0.534 e. The number of carbonyl (C=O) groups is 2. The fraction of sp³-hybridized carbons (Fsp3) is 0.600. The molecule has 37 heavy (non-hydrogen) atoms. The normalized spacial score (nSPS) is 27.8. The Morgan fingerprint density at radius 1 is 1.08 bits per heavy atom. The van der Waals surface area contributed by atoms with Crippen molar-refractivity contribution in [2.75, 3.05) is 13.2 Å². The van der Waals surface area contributed by atoms with Gasteiger partial charge in [-0.25, -0.2) is 9.59 Å². The van der Waals surface area contributed by atoms with E-state index in [0.29, 0.717) is 12.8 Å². The SMILES string of the molecule is CCOC(=O)C1=C(OS(=O)(=O)C(F)(F)F)[C@@H]2C[C@@H]3[C@H](C1)C[C@@H](C)C[C@@H]3N(C(=O)OCc1ccccc1)C2. The van der Waals surface area contributed by atoms with Crippen molar-refractivity contribution in [2.24, 2.45) is 23.7 Å². The summed E-state index contributed by atoms with van der Waals surface area (Å²) in [6.07, 6.45) is 0.990. The number of carbonyl (C=O) groups excluding carboxylic acids is 2. The molecule has 0 unspecified atom stereocenters. The molecule has 0 aromatic heterocycles. The van der Waals surface area contributed by atoms with E-state index in [9.17, 15) is 31.2 Å². The Labute approximate surface area is 213 Å². The van der Waals surface area contributed by atoms with Crippen LogP contribution in [0.2, 0.25) is 0 Å². The third kappa shape index (κ3) is 5.73. The quantitative estimate of drug-likeness (QED) is 0.289. The fourth-order valence-electron chi connectivity index (χ4n) is 5.90. The number of benzene rings is 1. The third-order valence-corrected chi connectivity index (χ3v) is 8.37. The molecule has 12 heteroatoms. The lowest BCUT2D eigenvalue weighted by Gasteiger charge is -2.50. The van der Waals surface area contributed by atoms with E-state index in [1.165, 1.54) is 4.90 Å². The first-order valence-corrected chi connectivity index (χ1v) is 13.7. The number of esters is 1. The van der Waals surface area contributed by atoms with Crippen molar-refractivity contribution in [3.63, 3.8) is 0 Å². The zero-order valence-electron chi connectivity index (χ0n) is 20.6. The molecule has 2 bridgehead atoms. The molecule has 1 saturated carbocycles. The van der Waals surface area contributed by atoms with Crippen LogP contribution in [0.3, 0.4) is 0 Å². The summed E-state index contributed by atoms with van der Waals surface area (Å²) in [5, 5.41) is 0. The van der Waals surface area contributed by atoms with Crippen molar-refractivity contribution in [1.82, 2.24) is 4.90 Å². The standard InChI is InChI=1S/C25H30F3NO7S/c1-3-34-23(30)20-11-17-9-15(2)10-21-19(17)12-18(22(20)36-37(32,33)25(26,27)28)13-29(21)24(31)35-14-16-7-5-4-6-8-16/h4-8,15,17-19,21H,3,9-14H2,1-2H3/t15-,17+,18-,19-,21+/m1/s1. The fourth-order valence-corrected chi connectivity index (χ4v) is 6.47. The van der Waals surface area contributed by atoms with Gasteiger partial charge in [-0.3, -0.25) is 0 Å². The molecule has 8 nitrogen and oxygen atoms in total. The van der Waals surface area contributed by atoms with Crippen LogP contribution in [0, 0.1) is 23.7 Å². The second-order valence-electron chi connectivity index (χ2n) is 9.94. The number of halogens is 3. The largest absolute Gasteiger partial charge is 0.534 e. The van der Waals surface area contributed by atoms with Crippen molar-refractivity contribution >= 4 is 22.2 Å². The molecule has 1 aliphatic heterocycles. The van der Waals surface area contributed by atoms with E-state index >= 15 is 0 Å². The number of nitrogens with zero attached hydrogens (tertiary/aromatic N) is 1. The molecule has 5 atom stereocenters. The van der Waals surface area contributed by atoms with Crippen molar-refractivity contribution in [1.29, 1.82) is 0 Å². The zero-order chi connectivity index (χ0) is 27.0. The van der Waals surface area contributed by atoms with Gasteiger partial charge in [-0.15, -0.1) is 0 Å². The molecule has 1 aromatic rings. The zero-order valence-corrected chi connectivity index (χ0v) is 21.4. The average Bonchev–Trinajstić information content (AvgIpc) is 2.96. The maximum atomic E-state index is 13.3. The number of hydrogen-bond donors (Lipinski definition) is 0. The number of fused-ring (bicyclic) bond motifs is 1. The van der Waals surface area contributed by atoms with Gasteiger partial charge in [0.25, 0.3) is 0 Å². The third-order valence-electron chi connectivity index (χ3n) is 7.40. The maximum absolute atomic E-state index is 13.3. The summed E-state index contributed by atoms with van der Waals surface area (Å²) in [7, 11) is -6.05. The number of hydrogen-bond acceptors (Lipinski definition) is 7. The van der Waals surface area contributed by atoms with Gasteiger partial charge in [0, 0.05) is 18.5 Å². The van der Waals surface area contributed by atoms with Crippen LogP contribution >= 0.6 is 0 Å². The number of alkyl halides is 3. The van der Waals surface area contributed by atoms with E-state index in [0.717, 1.165) is 5.56 Å². The molecule has 0 N–H and O–H groups in total. The molecule has 0 spiro atoms. The summed E-state index contributed by atoms with van der Waals surface area (Å²) in [6.45, 7) is 3.38. The van der Waals surface area contributed by atoms with Crippen LogP contribution in [-0.4, -0.2) is 50.1 Å². The summed E-state index contributed by atoms with van der Waals surface area (Å²) in [6, 6.07) is 8.77. The van der Waals surface area contributed by atoms with Crippen molar-refractivity contribution in [3.05, 3.63) is 47.2 Å². The Morgan fingerprint density at radius 2 is 1.78 bits per heavy atom. The predicted molar refractivity (Wildman–Crippen MR) is 125 cm³/mol. The highest BCUT2D eigenvalue weighted by atomic mass is 32.2. The van der Waals surface area contributed by atoms with Crippen LogP contribution < -0.4 is 0 Å². The number of piperidine rings is 1. The Kier molecular flexibility index (Phi) is 7.77. The summed E-state index contributed by atoms with van der Waals surface area (Å²) >= 11 is 0. The van der Waals surface area contributed by atoms with Crippen molar-refractivity contribution < 1.29 is 44.8 Å². The van der Waals surface area contributed by atoms with Gasteiger partial charge in [0.05, 0.1) is 12.2 Å². The minimum absolute atomic E-state index is 0.00688. The van der Waals surface area contributed by atoms with Crippen molar-refractivity contribution in [2.45, 2.75) is 57.7 Å². The average molecular weight is 546 g/mol. The lowest BCUT2D eigenvalue weighted by atomic mass is 9.66. The van der Waals surface area contributed by atoms with E-state index < -0.39 is 39.4 Å². The van der Waals surface area contributed by atoms with Crippen LogP contribution in [0.15, 0.2) is 41.7 Å². The Hall–Kier alpha value is -2.76. The van der Waals surface area contributed by atoms with Crippen LogP contribution in [0.4, 0.5) is 18.0 Å². The first-order valence-electron chi connectivity index (χ1n) is 12.3. The van der Waals surface area contributed by atoms with E-state index in [1.807, 2.05) is 13.0 Å². The lowest BCUT2D eigenvalue weighted by molar-refractivity contribution is -0.139. The molecule has 1 saturated heterocycles. The lowest BCUT2D eigenvalue weighted by Crippen LogP contribution is -2.55. The van der Waals surface area contributed by atoms with Crippen LogP contribution in [0.5, 0.6) is 0 Å². The van der Waals surface area contributed by atoms with Crippen molar-refractivity contribution in [3.8, 4) is 0 Å². The number of ether oxygens (including phenoxy) is 2. The highest BCUT2D eigenvalue weighted by Crippen LogP contribution is 2.51. The molecule has 4 rings (SSSR count). The van der Waals surface area contributed by atoms with Crippen LogP contribution in [-0.2, 0) is 35.2 Å². The molecule has 1 aromatic carbocycles. The number of likely N-dealkylation sites (tertiary alicyclic amines) is 1. The number of amides is 1. The summed E-state index contributed by atoms with van der Waals surface area (Å²) in [5.41, 5.74) is -5.12. The van der Waals surface area contributed by atoms with Gasteiger partial charge >= 0.3 is 27.7 Å². The molecule has 3 aliphatic rings. The summed E-state index contributed by atoms with van der Waals surface area (Å²) in [4.78, 5) is 27.6. The first kappa shape index (κ1) is 27.3. The molecule has 2 aliphatic carbocycles. The van der Waals surface area contributed by atoms with Gasteiger partial charge in [0.15, 0.2) is 0 Å². The van der Waals surface area contributed by atoms with Gasteiger partial charge in [0.1, 0.15) is 12.4 Å². The predicted octanol–water partition coefficient (Wildman–Crippen LogP) is 4.76. The molecule has 2 fully saturated rings. The topological polar surface area (TPSA) is 99.2 Å². The van der Waals surface area contributed by atoms with Crippen LogP contribution in [0.1, 0.15) is 45.1 Å². The smallest absolute Gasteiger partial charge is 0.463 e. The van der Waals surface area contributed by atoms with Gasteiger partial charge in [0.2, 0.25) is 0 Å². The van der Waals surface area contributed by atoms with E-state index in [1.54, 1.807) is 31.2 Å². The van der Waals surface area contributed by atoms with E-state index in [2.05, 4.69) is 4.18 Å². The van der Waals surface area contributed by atoms with Gasteiger partial charge in [-0.1, -0.05) is 37.3 Å². The first-order chi connectivity index (χ1) is 17.4. The second kappa shape index (κ2) is 10.5. The van der Waals surface area contributed by atoms with E-state index in [-0.39, 0.29) is 62.0 Å². The molecule has 0 radical (unpaired) electrons. The molecule has 204 valence electrons. The minimum atomic E-state index is -6.05. The van der Waals surface area contributed by atoms with Crippen LogP contribution in [0.25, 0.3) is 0 Å². The summed E-state index contributed by atoms with van der Waals surface area (Å²) < 4.78 is 79.2. The molecular formula is C25H30F3NO7S. The summed E-state index contributed by atoms with van der Waals surface area (Å²) in [5.74, 6) is -2.61. The highest BCUT2D eigenvalue weighted by Gasteiger charge is 2.54. The Bertz CT molecular complexity index is 1150. The minimum Gasteiger partial charge on any atom is -0.463 e. The molecule has 1 amide bonds. The number of rotatable bonds is 6. The Balaban J connectivity index is 1.71. The van der Waals surface area contributed by atoms with Gasteiger partial charge in [-0.2, -0.15) is 21.6 Å². The second-order valence-corrected chi connectivity index (χ2v) is 11.5.